The average Bonchev–Trinajstić information content (AvgIpc) is 2.21. The smallest absolute Gasteiger partial charge is 0.189 e. The van der Waals surface area contributed by atoms with E-state index in [0.29, 0.717) is 6.61 Å². The van der Waals surface area contributed by atoms with Crippen molar-refractivity contribution < 1.29 is 9.47 Å². The molecule has 0 saturated carbocycles. The summed E-state index contributed by atoms with van der Waals surface area (Å²) in [5, 5.41) is 3.03. The van der Waals surface area contributed by atoms with Crippen LogP contribution in [0.3, 0.4) is 0 Å². The van der Waals surface area contributed by atoms with Crippen LogP contribution < -0.4 is 10.1 Å². The zero-order valence-electron chi connectivity index (χ0n) is 8.62. The zero-order chi connectivity index (χ0) is 10.2. The lowest BCUT2D eigenvalue weighted by Gasteiger charge is -2.05. The summed E-state index contributed by atoms with van der Waals surface area (Å²) in [6, 6.07) is 3.82. The Bertz CT molecular complexity index is 249. The minimum absolute atomic E-state index is 0.281. The van der Waals surface area contributed by atoms with Gasteiger partial charge in [0, 0.05) is 13.2 Å². The molecule has 0 saturated heterocycles. The highest BCUT2D eigenvalue weighted by Gasteiger charge is 1.95. The molecule has 1 heterocycles. The van der Waals surface area contributed by atoms with Crippen LogP contribution in [0.5, 0.6) is 5.75 Å². The number of ether oxygens (including phenoxy) is 2. The third-order valence-corrected chi connectivity index (χ3v) is 1.67. The number of rotatable bonds is 6. The van der Waals surface area contributed by atoms with Gasteiger partial charge in [0.25, 0.3) is 0 Å². The van der Waals surface area contributed by atoms with E-state index in [1.54, 1.807) is 6.20 Å². The molecule has 14 heavy (non-hydrogen) atoms. The van der Waals surface area contributed by atoms with Crippen molar-refractivity contribution >= 4 is 0 Å². The van der Waals surface area contributed by atoms with Crippen LogP contribution in [-0.4, -0.2) is 25.4 Å². The third kappa shape index (κ3) is 3.72. The molecule has 0 spiro atoms. The Labute approximate surface area is 84.3 Å². The summed E-state index contributed by atoms with van der Waals surface area (Å²) in [6.45, 7) is 3.64. The summed E-state index contributed by atoms with van der Waals surface area (Å²) in [5.74, 6) is 0.735. The lowest BCUT2D eigenvalue weighted by molar-refractivity contribution is 0.0222. The fourth-order valence-electron chi connectivity index (χ4n) is 0.975. The van der Waals surface area contributed by atoms with Crippen LogP contribution in [0.15, 0.2) is 18.3 Å². The van der Waals surface area contributed by atoms with Crippen molar-refractivity contribution in [2.75, 3.05) is 20.4 Å². The summed E-state index contributed by atoms with van der Waals surface area (Å²) >= 11 is 0. The van der Waals surface area contributed by atoms with Crippen molar-refractivity contribution in [2.24, 2.45) is 0 Å². The molecule has 1 rings (SSSR count). The Morgan fingerprint density at radius 1 is 1.43 bits per heavy atom. The quantitative estimate of drug-likeness (QED) is 0.548. The molecule has 1 aromatic rings. The molecule has 0 fully saturated rings. The van der Waals surface area contributed by atoms with Crippen LogP contribution >= 0.6 is 0 Å². The monoisotopic (exact) mass is 196 g/mol. The number of hydrogen-bond donors (Lipinski definition) is 1. The second-order valence-corrected chi connectivity index (χ2v) is 2.77. The van der Waals surface area contributed by atoms with E-state index in [4.69, 9.17) is 9.47 Å². The topological polar surface area (TPSA) is 43.4 Å². The normalized spacial score (nSPS) is 10.1. The predicted octanol–water partition coefficient (Wildman–Crippen LogP) is 1.17. The molecular weight excluding hydrogens is 180 g/mol. The maximum Gasteiger partial charge on any atom is 0.189 e. The van der Waals surface area contributed by atoms with Crippen LogP contribution in [0.25, 0.3) is 0 Å². The van der Waals surface area contributed by atoms with Crippen molar-refractivity contribution in [3.63, 3.8) is 0 Å². The van der Waals surface area contributed by atoms with Gasteiger partial charge in [-0.1, -0.05) is 0 Å². The largest absolute Gasteiger partial charge is 0.466 e. The number of nitrogens with one attached hydrogen (secondary N) is 1. The SMILES string of the molecule is CCOCOc1ccc(CNC)nc1. The van der Waals surface area contributed by atoms with Gasteiger partial charge in [0.05, 0.1) is 11.9 Å². The van der Waals surface area contributed by atoms with E-state index in [-0.39, 0.29) is 6.79 Å². The summed E-state index contributed by atoms with van der Waals surface area (Å²) in [7, 11) is 1.89. The van der Waals surface area contributed by atoms with Gasteiger partial charge < -0.3 is 14.8 Å². The highest BCUT2D eigenvalue weighted by Crippen LogP contribution is 2.08. The summed E-state index contributed by atoms with van der Waals surface area (Å²) < 4.78 is 10.3. The van der Waals surface area contributed by atoms with Gasteiger partial charge in [-0.05, 0) is 26.1 Å². The zero-order valence-corrected chi connectivity index (χ0v) is 8.62. The van der Waals surface area contributed by atoms with Gasteiger partial charge in [-0.2, -0.15) is 0 Å². The first kappa shape index (κ1) is 10.9. The summed E-state index contributed by atoms with van der Waals surface area (Å²) in [6.07, 6.45) is 1.70. The van der Waals surface area contributed by atoms with E-state index in [2.05, 4.69) is 10.3 Å². The molecule has 4 nitrogen and oxygen atoms in total. The van der Waals surface area contributed by atoms with E-state index in [1.807, 2.05) is 26.1 Å². The van der Waals surface area contributed by atoms with E-state index >= 15 is 0 Å². The fraction of sp³-hybridized carbons (Fsp3) is 0.500. The Kier molecular flexibility index (Phi) is 4.96. The lowest BCUT2D eigenvalue weighted by atomic mass is 10.3. The molecule has 0 aliphatic rings. The fourth-order valence-corrected chi connectivity index (χ4v) is 0.975. The third-order valence-electron chi connectivity index (χ3n) is 1.67. The van der Waals surface area contributed by atoms with Crippen LogP contribution in [0.1, 0.15) is 12.6 Å². The molecule has 0 aliphatic carbocycles. The molecule has 0 atom stereocenters. The molecule has 4 heteroatoms. The molecule has 78 valence electrons. The van der Waals surface area contributed by atoms with Crippen molar-refractivity contribution in [1.82, 2.24) is 10.3 Å². The van der Waals surface area contributed by atoms with Crippen LogP contribution in [-0.2, 0) is 11.3 Å². The van der Waals surface area contributed by atoms with Crippen molar-refractivity contribution in [3.8, 4) is 5.75 Å². The van der Waals surface area contributed by atoms with E-state index in [0.717, 1.165) is 18.0 Å². The van der Waals surface area contributed by atoms with Gasteiger partial charge in [-0.25, -0.2) is 0 Å². The van der Waals surface area contributed by atoms with Crippen molar-refractivity contribution in [3.05, 3.63) is 24.0 Å². The summed E-state index contributed by atoms with van der Waals surface area (Å²) in [4.78, 5) is 4.20. The number of hydrogen-bond acceptors (Lipinski definition) is 4. The first-order chi connectivity index (χ1) is 6.86. The van der Waals surface area contributed by atoms with E-state index < -0.39 is 0 Å². The van der Waals surface area contributed by atoms with Crippen molar-refractivity contribution in [2.45, 2.75) is 13.5 Å². The van der Waals surface area contributed by atoms with Crippen molar-refractivity contribution in [1.29, 1.82) is 0 Å². The number of nitrogens with zero attached hydrogens (tertiary/aromatic N) is 1. The van der Waals surface area contributed by atoms with Crippen LogP contribution in [0, 0.1) is 0 Å². The first-order valence-electron chi connectivity index (χ1n) is 4.67. The van der Waals surface area contributed by atoms with E-state index in [9.17, 15) is 0 Å². The first-order valence-corrected chi connectivity index (χ1v) is 4.67. The van der Waals surface area contributed by atoms with Crippen LogP contribution in [0.2, 0.25) is 0 Å². The Morgan fingerprint density at radius 2 is 2.29 bits per heavy atom. The molecular formula is C10H16N2O2. The maximum absolute atomic E-state index is 5.27. The molecule has 0 amide bonds. The van der Waals surface area contributed by atoms with Gasteiger partial charge in [0.1, 0.15) is 5.75 Å². The van der Waals surface area contributed by atoms with Gasteiger partial charge >= 0.3 is 0 Å². The molecule has 0 radical (unpaired) electrons. The van der Waals surface area contributed by atoms with Gasteiger partial charge in [-0.3, -0.25) is 4.98 Å². The predicted molar refractivity (Wildman–Crippen MR) is 54.1 cm³/mol. The Morgan fingerprint density at radius 3 is 2.86 bits per heavy atom. The molecule has 0 aliphatic heterocycles. The molecule has 0 aromatic carbocycles. The number of pyridine rings is 1. The maximum atomic E-state index is 5.27. The average molecular weight is 196 g/mol. The Hall–Kier alpha value is -1.13. The van der Waals surface area contributed by atoms with Crippen LogP contribution in [0.4, 0.5) is 0 Å². The lowest BCUT2D eigenvalue weighted by Crippen LogP contribution is -2.07. The van der Waals surface area contributed by atoms with Gasteiger partial charge in [0.15, 0.2) is 6.79 Å². The Balaban J connectivity index is 2.38. The second-order valence-electron chi connectivity index (χ2n) is 2.77. The highest BCUT2D eigenvalue weighted by atomic mass is 16.7. The number of aromatic nitrogens is 1. The van der Waals surface area contributed by atoms with E-state index in [1.165, 1.54) is 0 Å². The van der Waals surface area contributed by atoms with Gasteiger partial charge in [0.2, 0.25) is 0 Å². The highest BCUT2D eigenvalue weighted by molar-refractivity contribution is 5.19. The minimum Gasteiger partial charge on any atom is -0.466 e. The standard InChI is InChI=1S/C10H16N2O2/c1-3-13-8-14-10-5-4-9(6-11-2)12-7-10/h4-5,7,11H,3,6,8H2,1-2H3. The van der Waals surface area contributed by atoms with Gasteiger partial charge in [-0.15, -0.1) is 0 Å². The molecule has 1 aromatic heterocycles. The minimum atomic E-state index is 0.281. The molecule has 0 unspecified atom stereocenters. The second kappa shape index (κ2) is 6.34. The molecule has 1 N–H and O–H groups in total. The summed E-state index contributed by atoms with van der Waals surface area (Å²) in [5.41, 5.74) is 0.997. The molecule has 0 bridgehead atoms.